The van der Waals surface area contributed by atoms with Crippen molar-refractivity contribution in [3.63, 3.8) is 0 Å². The maximum atomic E-state index is 11.8. The molecule has 0 spiro atoms. The maximum Gasteiger partial charge on any atom is 0.277 e. The third kappa shape index (κ3) is 7.46. The number of nitrogens with zero attached hydrogens (tertiary/aromatic N) is 2. The molecule has 2 aromatic rings. The normalized spacial score (nSPS) is 11.0. The van der Waals surface area contributed by atoms with Crippen LogP contribution in [0.25, 0.3) is 11.5 Å². The van der Waals surface area contributed by atoms with Gasteiger partial charge in [-0.1, -0.05) is 37.2 Å². The predicted octanol–water partition coefficient (Wildman–Crippen LogP) is 3.66. The molecule has 0 atom stereocenters. The first kappa shape index (κ1) is 19.8. The van der Waals surface area contributed by atoms with Crippen LogP contribution >= 0.6 is 23.4 Å². The van der Waals surface area contributed by atoms with Crippen LogP contribution in [0.5, 0.6) is 0 Å². The summed E-state index contributed by atoms with van der Waals surface area (Å²) in [5, 5.41) is 11.8. The lowest BCUT2D eigenvalue weighted by atomic mass is 10.2. The molecule has 0 unspecified atom stereocenters. The molecule has 0 bridgehead atoms. The minimum atomic E-state index is -0.0693. The van der Waals surface area contributed by atoms with Gasteiger partial charge in [0.1, 0.15) is 0 Å². The highest BCUT2D eigenvalue weighted by Gasteiger charge is 2.11. The zero-order chi connectivity index (χ0) is 18.1. The van der Waals surface area contributed by atoms with Crippen molar-refractivity contribution in [2.75, 3.05) is 25.5 Å². The molecule has 136 valence electrons. The van der Waals surface area contributed by atoms with Crippen LogP contribution < -0.4 is 5.32 Å². The van der Waals surface area contributed by atoms with Crippen molar-refractivity contribution in [2.45, 2.75) is 25.5 Å². The van der Waals surface area contributed by atoms with E-state index in [1.54, 1.807) is 24.3 Å². The van der Waals surface area contributed by atoms with Crippen LogP contribution in [0.3, 0.4) is 0 Å². The fourth-order valence-electron chi connectivity index (χ4n) is 1.88. The molecule has 8 heteroatoms. The van der Waals surface area contributed by atoms with Gasteiger partial charge in [0.15, 0.2) is 0 Å². The van der Waals surface area contributed by atoms with Gasteiger partial charge in [-0.15, -0.1) is 10.2 Å². The number of ether oxygens (including phenoxy) is 1. The zero-order valence-electron chi connectivity index (χ0n) is 14.3. The number of rotatable bonds is 10. The second-order valence-corrected chi connectivity index (χ2v) is 7.20. The number of amides is 1. The molecular formula is C17H22ClN3O3S. The Kier molecular flexibility index (Phi) is 8.24. The summed E-state index contributed by atoms with van der Waals surface area (Å²) in [4.78, 5) is 11.8. The van der Waals surface area contributed by atoms with Gasteiger partial charge in [0.25, 0.3) is 5.22 Å². The minimum absolute atomic E-state index is 0.0693. The van der Waals surface area contributed by atoms with Crippen LogP contribution in [0.1, 0.15) is 20.3 Å². The number of carbonyl (C=O) groups excluding carboxylic acids is 1. The third-order valence-corrected chi connectivity index (χ3v) is 4.13. The topological polar surface area (TPSA) is 77.2 Å². The molecule has 0 saturated carbocycles. The van der Waals surface area contributed by atoms with Gasteiger partial charge in [-0.2, -0.15) is 0 Å². The Morgan fingerprint density at radius 3 is 2.80 bits per heavy atom. The minimum Gasteiger partial charge on any atom is -0.411 e. The first-order valence-corrected chi connectivity index (χ1v) is 9.47. The van der Waals surface area contributed by atoms with Gasteiger partial charge in [0.2, 0.25) is 11.8 Å². The molecule has 1 heterocycles. The average molecular weight is 384 g/mol. The van der Waals surface area contributed by atoms with Gasteiger partial charge in [-0.05, 0) is 36.6 Å². The first-order chi connectivity index (χ1) is 12.0. The highest BCUT2D eigenvalue weighted by Crippen LogP contribution is 2.24. The smallest absolute Gasteiger partial charge is 0.277 e. The van der Waals surface area contributed by atoms with E-state index in [0.717, 1.165) is 18.6 Å². The molecular weight excluding hydrogens is 362 g/mol. The number of aromatic nitrogens is 2. The molecule has 2 rings (SSSR count). The van der Waals surface area contributed by atoms with Gasteiger partial charge in [0, 0.05) is 30.3 Å². The van der Waals surface area contributed by atoms with Gasteiger partial charge < -0.3 is 14.5 Å². The third-order valence-electron chi connectivity index (χ3n) is 3.06. The van der Waals surface area contributed by atoms with E-state index >= 15 is 0 Å². The van der Waals surface area contributed by atoms with Crippen LogP contribution in [0.4, 0.5) is 0 Å². The van der Waals surface area contributed by atoms with E-state index in [-0.39, 0.29) is 11.7 Å². The molecule has 1 aromatic heterocycles. The molecule has 25 heavy (non-hydrogen) atoms. The first-order valence-electron chi connectivity index (χ1n) is 8.11. The molecule has 6 nitrogen and oxygen atoms in total. The van der Waals surface area contributed by atoms with E-state index in [9.17, 15) is 4.79 Å². The lowest BCUT2D eigenvalue weighted by Crippen LogP contribution is -2.27. The summed E-state index contributed by atoms with van der Waals surface area (Å²) in [6, 6.07) is 7.12. The van der Waals surface area contributed by atoms with Crippen LogP contribution in [0.2, 0.25) is 5.02 Å². The van der Waals surface area contributed by atoms with Crippen molar-refractivity contribution in [3.05, 3.63) is 29.3 Å². The number of carbonyl (C=O) groups is 1. The van der Waals surface area contributed by atoms with Gasteiger partial charge in [-0.25, -0.2) is 0 Å². The van der Waals surface area contributed by atoms with E-state index in [0.29, 0.717) is 35.2 Å². The molecule has 0 aliphatic carbocycles. The summed E-state index contributed by atoms with van der Waals surface area (Å²) in [6.45, 7) is 6.21. The summed E-state index contributed by atoms with van der Waals surface area (Å²) >= 11 is 7.06. The Bertz CT molecular complexity index is 661. The number of halogens is 1. The quantitative estimate of drug-likeness (QED) is 0.498. The van der Waals surface area contributed by atoms with Gasteiger partial charge >= 0.3 is 0 Å². The van der Waals surface area contributed by atoms with Gasteiger partial charge in [-0.3, -0.25) is 4.79 Å². The predicted molar refractivity (Wildman–Crippen MR) is 98.8 cm³/mol. The van der Waals surface area contributed by atoms with Crippen LogP contribution in [-0.2, 0) is 9.53 Å². The van der Waals surface area contributed by atoms with Crippen molar-refractivity contribution < 1.29 is 13.9 Å². The monoisotopic (exact) mass is 383 g/mol. The fraction of sp³-hybridized carbons (Fsp3) is 0.471. The van der Waals surface area contributed by atoms with Crippen molar-refractivity contribution in [1.82, 2.24) is 15.5 Å². The van der Waals surface area contributed by atoms with E-state index in [2.05, 4.69) is 29.4 Å². The molecule has 1 aromatic carbocycles. The Labute approximate surface area is 156 Å². The fourth-order valence-corrected chi connectivity index (χ4v) is 2.60. The Morgan fingerprint density at radius 2 is 2.08 bits per heavy atom. The summed E-state index contributed by atoms with van der Waals surface area (Å²) in [5.74, 6) is 1.09. The standard InChI is InChI=1S/C17H22ClN3O3S/c1-12(2)10-23-9-3-8-19-15(22)11-25-17-21-20-16(24-17)13-4-6-14(18)7-5-13/h4-7,12H,3,8-11H2,1-2H3,(H,19,22). The van der Waals surface area contributed by atoms with Crippen molar-refractivity contribution >= 4 is 29.3 Å². The summed E-state index contributed by atoms with van der Waals surface area (Å²) in [5.41, 5.74) is 0.787. The van der Waals surface area contributed by atoms with Crippen molar-refractivity contribution in [2.24, 2.45) is 5.92 Å². The number of thioether (sulfide) groups is 1. The highest BCUT2D eigenvalue weighted by molar-refractivity contribution is 7.99. The summed E-state index contributed by atoms with van der Waals surface area (Å²) in [6.07, 6.45) is 0.796. The Hall–Kier alpha value is -1.57. The number of benzene rings is 1. The lowest BCUT2D eigenvalue weighted by molar-refractivity contribution is -0.118. The van der Waals surface area contributed by atoms with E-state index < -0.39 is 0 Å². The van der Waals surface area contributed by atoms with Crippen LogP contribution in [0, 0.1) is 5.92 Å². The van der Waals surface area contributed by atoms with Gasteiger partial charge in [0.05, 0.1) is 5.75 Å². The molecule has 0 saturated heterocycles. The summed E-state index contributed by atoms with van der Waals surface area (Å²) < 4.78 is 11.0. The number of hydrogen-bond donors (Lipinski definition) is 1. The Morgan fingerprint density at radius 1 is 1.32 bits per heavy atom. The molecule has 0 aliphatic rings. The summed E-state index contributed by atoms with van der Waals surface area (Å²) in [7, 11) is 0. The molecule has 1 N–H and O–H groups in total. The lowest BCUT2D eigenvalue weighted by Gasteiger charge is -2.07. The second-order valence-electron chi connectivity index (χ2n) is 5.84. The van der Waals surface area contributed by atoms with Crippen LogP contribution in [0.15, 0.2) is 33.9 Å². The van der Waals surface area contributed by atoms with E-state index in [1.165, 1.54) is 11.8 Å². The average Bonchev–Trinajstić information content (AvgIpc) is 3.05. The van der Waals surface area contributed by atoms with Crippen molar-refractivity contribution in [1.29, 1.82) is 0 Å². The molecule has 0 radical (unpaired) electrons. The van der Waals surface area contributed by atoms with Crippen molar-refractivity contribution in [3.8, 4) is 11.5 Å². The number of nitrogens with one attached hydrogen (secondary N) is 1. The molecule has 0 aliphatic heterocycles. The molecule has 0 fully saturated rings. The van der Waals surface area contributed by atoms with E-state index in [1.807, 2.05) is 0 Å². The zero-order valence-corrected chi connectivity index (χ0v) is 15.9. The van der Waals surface area contributed by atoms with Crippen LogP contribution in [-0.4, -0.2) is 41.6 Å². The Balaban J connectivity index is 1.66. The molecule has 1 amide bonds. The maximum absolute atomic E-state index is 11.8. The largest absolute Gasteiger partial charge is 0.411 e. The number of hydrogen-bond acceptors (Lipinski definition) is 6. The SMILES string of the molecule is CC(C)COCCCNC(=O)CSc1nnc(-c2ccc(Cl)cc2)o1. The second kappa shape index (κ2) is 10.4. The highest BCUT2D eigenvalue weighted by atomic mass is 35.5. The van der Waals surface area contributed by atoms with E-state index in [4.69, 9.17) is 20.8 Å².